The smallest absolute Gasteiger partial charge is 0.335 e. The van der Waals surface area contributed by atoms with Crippen molar-refractivity contribution in [1.29, 1.82) is 0 Å². The van der Waals surface area contributed by atoms with Crippen LogP contribution in [-0.4, -0.2) is 17.0 Å². The molecule has 0 spiro atoms. The van der Waals surface area contributed by atoms with Gasteiger partial charge in [-0.05, 0) is 68.3 Å². The zero-order valence-electron chi connectivity index (χ0n) is 10.4. The highest BCUT2D eigenvalue weighted by Gasteiger charge is 2.13. The third-order valence-electron chi connectivity index (χ3n) is 2.64. The van der Waals surface area contributed by atoms with Gasteiger partial charge in [0.15, 0.2) is 0 Å². The van der Waals surface area contributed by atoms with Crippen molar-refractivity contribution < 1.29 is 14.7 Å². The lowest BCUT2D eigenvalue weighted by Crippen LogP contribution is -2.13. The van der Waals surface area contributed by atoms with Crippen molar-refractivity contribution >= 4 is 65.4 Å². The molecule has 0 fully saturated rings. The fraction of sp³-hybridized carbons (Fsp3) is 0. The quantitative estimate of drug-likeness (QED) is 0.659. The first-order valence-electron chi connectivity index (χ1n) is 5.67. The molecule has 2 aromatic rings. The van der Waals surface area contributed by atoms with Crippen LogP contribution in [0, 0.1) is 0 Å². The maximum atomic E-state index is 12.2. The summed E-state index contributed by atoms with van der Waals surface area (Å²) < 4.78 is 2.02. The Kier molecular flexibility index (Phi) is 5.18. The Morgan fingerprint density at radius 2 is 1.67 bits per heavy atom. The number of carbonyl (C=O) groups is 2. The van der Waals surface area contributed by atoms with E-state index >= 15 is 0 Å². The summed E-state index contributed by atoms with van der Waals surface area (Å²) in [6.45, 7) is 0. The van der Waals surface area contributed by atoms with Crippen LogP contribution >= 0.6 is 47.8 Å². The van der Waals surface area contributed by atoms with Gasteiger partial charge < -0.3 is 10.4 Å². The van der Waals surface area contributed by atoms with E-state index in [1.807, 2.05) is 0 Å². The minimum absolute atomic E-state index is 0.143. The molecule has 0 bridgehead atoms. The Morgan fingerprint density at radius 1 is 0.952 bits per heavy atom. The van der Waals surface area contributed by atoms with E-state index in [1.165, 1.54) is 18.2 Å². The third-order valence-corrected chi connectivity index (χ3v) is 4.45. The van der Waals surface area contributed by atoms with E-state index in [9.17, 15) is 9.59 Å². The topological polar surface area (TPSA) is 66.4 Å². The molecule has 0 aliphatic rings. The average molecular weight is 478 g/mol. The maximum absolute atomic E-state index is 12.2. The van der Waals surface area contributed by atoms with Crippen LogP contribution in [0.4, 0.5) is 5.69 Å². The predicted molar refractivity (Wildman–Crippen MR) is 90.9 cm³/mol. The third kappa shape index (κ3) is 3.93. The van der Waals surface area contributed by atoms with Crippen LogP contribution < -0.4 is 5.32 Å². The maximum Gasteiger partial charge on any atom is 0.335 e. The molecule has 2 N–H and O–H groups in total. The number of benzene rings is 2. The Bertz CT molecular complexity index is 731. The summed E-state index contributed by atoms with van der Waals surface area (Å²) in [6.07, 6.45) is 0. The number of rotatable bonds is 3. The zero-order chi connectivity index (χ0) is 15.6. The molecule has 0 aliphatic carbocycles. The molecule has 4 nitrogen and oxygen atoms in total. The second-order valence-electron chi connectivity index (χ2n) is 4.08. The molecule has 1 amide bonds. The number of carboxylic acids is 1. The van der Waals surface area contributed by atoms with Gasteiger partial charge in [-0.1, -0.05) is 15.9 Å². The van der Waals surface area contributed by atoms with Gasteiger partial charge in [-0.3, -0.25) is 4.79 Å². The fourth-order valence-electron chi connectivity index (χ4n) is 1.61. The molecule has 2 aromatic carbocycles. The number of anilines is 1. The van der Waals surface area contributed by atoms with Crippen molar-refractivity contribution in [3.63, 3.8) is 0 Å². The number of carboxylic acid groups (broad SMARTS) is 1. The van der Waals surface area contributed by atoms with Crippen LogP contribution in [0.5, 0.6) is 0 Å². The number of hydrogen-bond acceptors (Lipinski definition) is 2. The number of amides is 1. The van der Waals surface area contributed by atoms with Gasteiger partial charge in [-0.25, -0.2) is 4.79 Å². The minimum Gasteiger partial charge on any atom is -0.478 e. The molecular weight excluding hydrogens is 470 g/mol. The molecule has 0 saturated heterocycles. The second kappa shape index (κ2) is 6.72. The number of hydrogen-bond donors (Lipinski definition) is 2. The number of halogens is 3. The first-order valence-corrected chi connectivity index (χ1v) is 8.05. The summed E-state index contributed by atoms with van der Waals surface area (Å²) >= 11 is 9.90. The van der Waals surface area contributed by atoms with E-state index in [1.54, 1.807) is 18.2 Å². The van der Waals surface area contributed by atoms with Crippen molar-refractivity contribution in [2.24, 2.45) is 0 Å². The van der Waals surface area contributed by atoms with Crippen LogP contribution in [0.15, 0.2) is 49.8 Å². The summed E-state index contributed by atoms with van der Waals surface area (Å²) in [6, 6.07) is 9.63. The van der Waals surface area contributed by atoms with E-state index < -0.39 is 5.97 Å². The number of nitrogens with one attached hydrogen (secondary N) is 1. The fourth-order valence-corrected chi connectivity index (χ4v) is 3.32. The van der Waals surface area contributed by atoms with Crippen LogP contribution in [0.3, 0.4) is 0 Å². The average Bonchev–Trinajstić information content (AvgIpc) is 2.40. The number of aromatic carboxylic acids is 1. The van der Waals surface area contributed by atoms with Crippen molar-refractivity contribution in [1.82, 2.24) is 0 Å². The Hall–Kier alpha value is -1.18. The van der Waals surface area contributed by atoms with E-state index in [-0.39, 0.29) is 11.5 Å². The molecular formula is C14H8Br3NO3. The van der Waals surface area contributed by atoms with Crippen molar-refractivity contribution in [2.45, 2.75) is 0 Å². The summed E-state index contributed by atoms with van der Waals surface area (Å²) in [5, 5.41) is 11.6. The Balaban J connectivity index is 2.25. The van der Waals surface area contributed by atoms with Gasteiger partial charge in [0.2, 0.25) is 0 Å². The molecule has 0 saturated carbocycles. The van der Waals surface area contributed by atoms with Gasteiger partial charge in [0, 0.05) is 13.4 Å². The molecule has 21 heavy (non-hydrogen) atoms. The Morgan fingerprint density at radius 3 is 2.24 bits per heavy atom. The molecule has 0 heterocycles. The molecule has 0 aromatic heterocycles. The molecule has 108 valence electrons. The zero-order valence-corrected chi connectivity index (χ0v) is 15.1. The first-order chi connectivity index (χ1) is 9.88. The lowest BCUT2D eigenvalue weighted by Gasteiger charge is -2.09. The van der Waals surface area contributed by atoms with Gasteiger partial charge in [0.1, 0.15) is 0 Å². The molecule has 2 rings (SSSR count). The van der Waals surface area contributed by atoms with Gasteiger partial charge in [0.25, 0.3) is 5.91 Å². The van der Waals surface area contributed by atoms with Gasteiger partial charge in [-0.2, -0.15) is 0 Å². The molecule has 0 aliphatic heterocycles. The second-order valence-corrected chi connectivity index (χ2v) is 6.70. The van der Waals surface area contributed by atoms with E-state index in [0.29, 0.717) is 20.2 Å². The molecule has 0 radical (unpaired) electrons. The largest absolute Gasteiger partial charge is 0.478 e. The standard InChI is InChI=1S/C14H8Br3NO3/c15-8-2-3-9(10(16)6-8)13(19)18-12-4-1-7(14(20)21)5-11(12)17/h1-6H,(H,18,19)(H,20,21). The van der Waals surface area contributed by atoms with Crippen LogP contribution in [0.25, 0.3) is 0 Å². The van der Waals surface area contributed by atoms with Gasteiger partial charge in [-0.15, -0.1) is 0 Å². The monoisotopic (exact) mass is 475 g/mol. The van der Waals surface area contributed by atoms with E-state index in [2.05, 4.69) is 53.1 Å². The Labute approximate surface area is 145 Å². The van der Waals surface area contributed by atoms with Gasteiger partial charge in [0.05, 0.1) is 16.8 Å². The summed E-state index contributed by atoms with van der Waals surface area (Å²) in [4.78, 5) is 23.1. The number of carbonyl (C=O) groups excluding carboxylic acids is 1. The lowest BCUT2D eigenvalue weighted by molar-refractivity contribution is 0.0696. The van der Waals surface area contributed by atoms with Crippen molar-refractivity contribution in [3.8, 4) is 0 Å². The highest BCUT2D eigenvalue weighted by Crippen LogP contribution is 2.26. The van der Waals surface area contributed by atoms with Crippen molar-refractivity contribution in [2.75, 3.05) is 5.32 Å². The van der Waals surface area contributed by atoms with E-state index in [0.717, 1.165) is 4.47 Å². The molecule has 0 unspecified atom stereocenters. The van der Waals surface area contributed by atoms with E-state index in [4.69, 9.17) is 5.11 Å². The summed E-state index contributed by atoms with van der Waals surface area (Å²) in [7, 11) is 0. The molecule has 7 heteroatoms. The van der Waals surface area contributed by atoms with Crippen LogP contribution in [0.2, 0.25) is 0 Å². The van der Waals surface area contributed by atoms with Crippen molar-refractivity contribution in [3.05, 3.63) is 60.9 Å². The summed E-state index contributed by atoms with van der Waals surface area (Å²) in [5.74, 6) is -1.32. The lowest BCUT2D eigenvalue weighted by atomic mass is 10.2. The normalized spacial score (nSPS) is 10.2. The highest BCUT2D eigenvalue weighted by molar-refractivity contribution is 9.11. The summed E-state index contributed by atoms with van der Waals surface area (Å²) in [5.41, 5.74) is 1.12. The predicted octanol–water partition coefficient (Wildman–Crippen LogP) is 4.92. The van der Waals surface area contributed by atoms with Crippen LogP contribution in [0.1, 0.15) is 20.7 Å². The minimum atomic E-state index is -1.02. The SMILES string of the molecule is O=C(O)c1ccc(NC(=O)c2ccc(Br)cc2Br)c(Br)c1. The highest BCUT2D eigenvalue weighted by atomic mass is 79.9. The molecule has 0 atom stereocenters. The first kappa shape index (κ1) is 16.2. The van der Waals surface area contributed by atoms with Gasteiger partial charge >= 0.3 is 5.97 Å². The van der Waals surface area contributed by atoms with Crippen LogP contribution in [-0.2, 0) is 0 Å².